The van der Waals surface area contributed by atoms with Crippen LogP contribution < -0.4 is 5.32 Å². The molecule has 3 N–H and O–H groups in total. The highest BCUT2D eigenvalue weighted by atomic mass is 16.4. The molecule has 0 aliphatic heterocycles. The molecule has 0 radical (unpaired) electrons. The van der Waals surface area contributed by atoms with Crippen molar-refractivity contribution in [3.63, 3.8) is 0 Å². The Balaban J connectivity index is 0.000000174. The Kier molecular flexibility index (Phi) is 6.12. The highest BCUT2D eigenvalue weighted by molar-refractivity contribution is 5.95. The van der Waals surface area contributed by atoms with Gasteiger partial charge >= 0.3 is 5.97 Å². The number of nitrogens with one attached hydrogen (secondary N) is 2. The summed E-state index contributed by atoms with van der Waals surface area (Å²) in [5, 5.41) is 12.7. The number of hydrogen-bond acceptors (Lipinski definition) is 6. The number of carboxylic acid groups (broad SMARTS) is 1. The molecule has 2 aromatic carbocycles. The van der Waals surface area contributed by atoms with E-state index < -0.39 is 5.97 Å². The fourth-order valence-corrected chi connectivity index (χ4v) is 3.07. The second kappa shape index (κ2) is 9.48. The summed E-state index contributed by atoms with van der Waals surface area (Å²) in [6, 6.07) is 20.4. The average Bonchev–Trinajstić information content (AvgIpc) is 3.29. The first kappa shape index (κ1) is 20.7. The quantitative estimate of drug-likeness (QED) is 0.389. The second-order valence-corrected chi connectivity index (χ2v) is 6.74. The van der Waals surface area contributed by atoms with Gasteiger partial charge in [-0.1, -0.05) is 30.3 Å². The third kappa shape index (κ3) is 4.76. The second-order valence-electron chi connectivity index (χ2n) is 6.74. The van der Waals surface area contributed by atoms with E-state index in [1.165, 1.54) is 0 Å². The number of rotatable bonds is 4. The predicted octanol–water partition coefficient (Wildman–Crippen LogP) is 4.51. The summed E-state index contributed by atoms with van der Waals surface area (Å²) in [6.07, 6.45) is 5.16. The van der Waals surface area contributed by atoms with Gasteiger partial charge in [0.1, 0.15) is 0 Å². The molecule has 0 bridgehead atoms. The van der Waals surface area contributed by atoms with Gasteiger partial charge in [0, 0.05) is 42.1 Å². The van der Waals surface area contributed by atoms with Crippen LogP contribution in [0, 0.1) is 0 Å². The lowest BCUT2D eigenvalue weighted by molar-refractivity contribution is 0.0697. The topological polar surface area (TPSA) is 117 Å². The fourth-order valence-electron chi connectivity index (χ4n) is 3.07. The molecule has 0 unspecified atom stereocenters. The van der Waals surface area contributed by atoms with Gasteiger partial charge in [-0.15, -0.1) is 0 Å². The van der Waals surface area contributed by atoms with Gasteiger partial charge in [-0.3, -0.25) is 0 Å². The van der Waals surface area contributed by atoms with Crippen molar-refractivity contribution in [2.75, 3.05) is 12.4 Å². The normalized spacial score (nSPS) is 10.3. The van der Waals surface area contributed by atoms with Gasteiger partial charge in [-0.2, -0.15) is 0 Å². The van der Waals surface area contributed by atoms with Gasteiger partial charge in [-0.05, 0) is 36.4 Å². The molecule has 0 atom stereocenters. The summed E-state index contributed by atoms with van der Waals surface area (Å²) in [6.45, 7) is 0. The maximum Gasteiger partial charge on any atom is 0.335 e. The van der Waals surface area contributed by atoms with Crippen molar-refractivity contribution in [3.05, 3.63) is 90.9 Å². The van der Waals surface area contributed by atoms with E-state index in [1.54, 1.807) is 49.9 Å². The zero-order valence-electron chi connectivity index (χ0n) is 17.2. The molecule has 5 rings (SSSR count). The maximum absolute atomic E-state index is 11.0. The van der Waals surface area contributed by atoms with Crippen LogP contribution in [0.25, 0.3) is 33.7 Å². The number of hydrogen-bond donors (Lipinski definition) is 3. The minimum atomic E-state index is -0.936. The van der Waals surface area contributed by atoms with Crippen molar-refractivity contribution in [1.29, 1.82) is 0 Å². The first-order valence-electron chi connectivity index (χ1n) is 9.84. The first-order valence-corrected chi connectivity index (χ1v) is 9.84. The third-order valence-corrected chi connectivity index (χ3v) is 4.62. The number of anilines is 1. The van der Waals surface area contributed by atoms with Gasteiger partial charge in [0.2, 0.25) is 5.95 Å². The summed E-state index contributed by atoms with van der Waals surface area (Å²) in [4.78, 5) is 30.9. The molecule has 3 heterocycles. The summed E-state index contributed by atoms with van der Waals surface area (Å²) in [5.74, 6) is 0.375. The number of H-pyrrole nitrogens is 1. The molecule has 0 fully saturated rings. The van der Waals surface area contributed by atoms with E-state index in [-0.39, 0.29) is 5.56 Å². The van der Waals surface area contributed by atoms with Crippen molar-refractivity contribution < 1.29 is 9.90 Å². The van der Waals surface area contributed by atoms with E-state index in [0.717, 1.165) is 33.7 Å². The van der Waals surface area contributed by atoms with Crippen LogP contribution in [0.5, 0.6) is 0 Å². The molecule has 32 heavy (non-hydrogen) atoms. The van der Waals surface area contributed by atoms with Crippen LogP contribution in [-0.2, 0) is 0 Å². The molecule has 0 saturated heterocycles. The Labute approximate surface area is 184 Å². The fraction of sp³-hybridized carbons (Fsp3) is 0.0417. The average molecular weight is 424 g/mol. The van der Waals surface area contributed by atoms with Crippen LogP contribution in [0.4, 0.5) is 5.95 Å². The number of benzene rings is 2. The molecular formula is C24H20N6O2. The Morgan fingerprint density at radius 2 is 1.69 bits per heavy atom. The molecule has 8 nitrogen and oxygen atoms in total. The zero-order chi connectivity index (χ0) is 22.3. The van der Waals surface area contributed by atoms with E-state index in [0.29, 0.717) is 5.95 Å². The van der Waals surface area contributed by atoms with Crippen LogP contribution in [0.15, 0.2) is 85.3 Å². The Morgan fingerprint density at radius 1 is 0.906 bits per heavy atom. The molecule has 0 aliphatic carbocycles. The van der Waals surface area contributed by atoms with Gasteiger partial charge in [0.25, 0.3) is 0 Å². The summed E-state index contributed by atoms with van der Waals surface area (Å²) < 4.78 is 0. The molecule has 158 valence electrons. The Morgan fingerprint density at radius 3 is 2.41 bits per heavy atom. The molecule has 0 amide bonds. The number of carbonyl (C=O) groups is 1. The van der Waals surface area contributed by atoms with Crippen LogP contribution in [0.3, 0.4) is 0 Å². The highest BCUT2D eigenvalue weighted by Crippen LogP contribution is 2.24. The molecule has 0 aliphatic rings. The lowest BCUT2D eigenvalue weighted by Gasteiger charge is -2.00. The van der Waals surface area contributed by atoms with Crippen LogP contribution >= 0.6 is 0 Å². The third-order valence-electron chi connectivity index (χ3n) is 4.62. The number of aromatic amines is 1. The molecule has 8 heteroatoms. The van der Waals surface area contributed by atoms with Gasteiger partial charge in [0.05, 0.1) is 17.0 Å². The van der Waals surface area contributed by atoms with Crippen LogP contribution in [0.1, 0.15) is 10.4 Å². The number of nitrogens with zero attached hydrogens (tertiary/aromatic N) is 4. The predicted molar refractivity (Wildman–Crippen MR) is 123 cm³/mol. The zero-order valence-corrected chi connectivity index (χ0v) is 17.2. The van der Waals surface area contributed by atoms with Gasteiger partial charge in [-0.25, -0.2) is 24.7 Å². The summed E-state index contributed by atoms with van der Waals surface area (Å²) in [7, 11) is 1.75. The smallest absolute Gasteiger partial charge is 0.335 e. The van der Waals surface area contributed by atoms with Crippen molar-refractivity contribution in [3.8, 4) is 22.8 Å². The van der Waals surface area contributed by atoms with Gasteiger partial charge < -0.3 is 15.4 Å². The van der Waals surface area contributed by atoms with E-state index in [1.807, 2.05) is 42.5 Å². The van der Waals surface area contributed by atoms with E-state index >= 15 is 0 Å². The molecular weight excluding hydrogens is 404 g/mol. The minimum Gasteiger partial charge on any atom is -0.478 e. The SMILES string of the molecule is CNc1nccc(-c2cc3cc(C(=O)O)ccc3[nH]2)n1.c1ccc(-c2ncccn2)cc1. The Bertz CT molecular complexity index is 1300. The Hall–Kier alpha value is -4.59. The maximum atomic E-state index is 11.0. The lowest BCUT2D eigenvalue weighted by Crippen LogP contribution is -1.96. The van der Waals surface area contributed by atoms with Gasteiger partial charge in [0.15, 0.2) is 5.82 Å². The minimum absolute atomic E-state index is 0.265. The summed E-state index contributed by atoms with van der Waals surface area (Å²) >= 11 is 0. The highest BCUT2D eigenvalue weighted by Gasteiger charge is 2.08. The number of aromatic carboxylic acids is 1. The van der Waals surface area contributed by atoms with Crippen molar-refractivity contribution in [2.45, 2.75) is 0 Å². The number of fused-ring (bicyclic) bond motifs is 1. The van der Waals surface area contributed by atoms with E-state index in [9.17, 15) is 4.79 Å². The molecule has 0 saturated carbocycles. The number of aromatic nitrogens is 5. The first-order chi connectivity index (χ1) is 15.6. The van der Waals surface area contributed by atoms with Crippen molar-refractivity contribution in [2.24, 2.45) is 0 Å². The standard InChI is InChI=1S/C14H12N4O2.C10H8N2/c1-15-14-16-5-4-11(18-14)12-7-9-6-8(13(19)20)2-3-10(9)17-12;1-2-5-9(6-3-1)10-11-7-4-8-12-10/h2-7,17H,1H3,(H,19,20)(H,15,16,18);1-8H. The van der Waals surface area contributed by atoms with E-state index in [2.05, 4.69) is 30.2 Å². The van der Waals surface area contributed by atoms with Crippen molar-refractivity contribution in [1.82, 2.24) is 24.9 Å². The molecule has 5 aromatic rings. The molecule has 0 spiro atoms. The number of carboxylic acids is 1. The van der Waals surface area contributed by atoms with Crippen molar-refractivity contribution >= 4 is 22.8 Å². The molecule has 3 aromatic heterocycles. The monoisotopic (exact) mass is 424 g/mol. The lowest BCUT2D eigenvalue weighted by atomic mass is 10.1. The summed E-state index contributed by atoms with van der Waals surface area (Å²) in [5.41, 5.74) is 3.76. The van der Waals surface area contributed by atoms with Crippen LogP contribution in [0.2, 0.25) is 0 Å². The van der Waals surface area contributed by atoms with E-state index in [4.69, 9.17) is 5.11 Å². The van der Waals surface area contributed by atoms with Crippen LogP contribution in [-0.4, -0.2) is 43.0 Å². The largest absolute Gasteiger partial charge is 0.478 e.